The van der Waals surface area contributed by atoms with Gasteiger partial charge in [0.2, 0.25) is 5.95 Å². The first-order valence-corrected chi connectivity index (χ1v) is 5.45. The summed E-state index contributed by atoms with van der Waals surface area (Å²) in [5, 5.41) is 3.83. The lowest BCUT2D eigenvalue weighted by molar-refractivity contribution is 0.602. The fourth-order valence-corrected chi connectivity index (χ4v) is 1.58. The lowest BCUT2D eigenvalue weighted by atomic mass is 10.2. The number of benzene rings is 1. The van der Waals surface area contributed by atoms with Crippen molar-refractivity contribution in [2.75, 3.05) is 5.73 Å². The van der Waals surface area contributed by atoms with Gasteiger partial charge in [-0.1, -0.05) is 0 Å². The van der Waals surface area contributed by atoms with E-state index < -0.39 is 11.6 Å². The average Bonchev–Trinajstić information content (AvgIpc) is 2.95. The van der Waals surface area contributed by atoms with E-state index in [0.29, 0.717) is 0 Å². The molecule has 0 fully saturated rings. The molecule has 0 unspecified atom stereocenters. The molecule has 0 radical (unpaired) electrons. The third-order valence-electron chi connectivity index (χ3n) is 2.43. The van der Waals surface area contributed by atoms with Gasteiger partial charge in [-0.25, -0.2) is 13.8 Å². The Morgan fingerprint density at radius 2 is 1.95 bits per heavy atom. The van der Waals surface area contributed by atoms with Crippen LogP contribution in [-0.2, 0) is 0 Å². The molecule has 7 nitrogen and oxygen atoms in total. The monoisotopic (exact) mass is 275 g/mol. The Hall–Kier alpha value is -2.97. The quantitative estimate of drug-likeness (QED) is 0.749. The maximum atomic E-state index is 13.7. The Kier molecular flexibility index (Phi) is 2.78. The minimum absolute atomic E-state index is 0.0636. The molecule has 2 aromatic heterocycles. The van der Waals surface area contributed by atoms with Crippen molar-refractivity contribution in [3.8, 4) is 17.3 Å². The summed E-state index contributed by atoms with van der Waals surface area (Å²) in [4.78, 5) is 15.4. The van der Waals surface area contributed by atoms with Crippen LogP contribution in [0.4, 0.5) is 14.7 Å². The predicted molar refractivity (Wildman–Crippen MR) is 64.5 cm³/mol. The van der Waals surface area contributed by atoms with E-state index in [-0.39, 0.29) is 23.3 Å². The van der Waals surface area contributed by atoms with Crippen LogP contribution in [0.3, 0.4) is 0 Å². The molecule has 20 heavy (non-hydrogen) atoms. The summed E-state index contributed by atoms with van der Waals surface area (Å²) in [6.07, 6.45) is 2.63. The zero-order valence-corrected chi connectivity index (χ0v) is 9.90. The molecule has 0 saturated heterocycles. The van der Waals surface area contributed by atoms with Gasteiger partial charge in [0.1, 0.15) is 24.3 Å². The topological polar surface area (TPSA) is 95.4 Å². The highest BCUT2D eigenvalue weighted by molar-refractivity contribution is 5.57. The van der Waals surface area contributed by atoms with Crippen molar-refractivity contribution in [1.82, 2.24) is 29.7 Å². The van der Waals surface area contributed by atoms with Crippen LogP contribution < -0.4 is 5.73 Å². The van der Waals surface area contributed by atoms with Gasteiger partial charge in [0.05, 0.1) is 5.56 Å². The summed E-state index contributed by atoms with van der Waals surface area (Å²) < 4.78 is 28.2. The van der Waals surface area contributed by atoms with Gasteiger partial charge in [0, 0.05) is 0 Å². The zero-order chi connectivity index (χ0) is 14.1. The van der Waals surface area contributed by atoms with Crippen LogP contribution in [0.1, 0.15) is 0 Å². The maximum Gasteiger partial charge on any atom is 0.257 e. The highest BCUT2D eigenvalue weighted by Crippen LogP contribution is 2.21. The number of aromatic nitrogens is 6. The van der Waals surface area contributed by atoms with Crippen LogP contribution >= 0.6 is 0 Å². The summed E-state index contributed by atoms with van der Waals surface area (Å²) in [5.41, 5.74) is 5.44. The van der Waals surface area contributed by atoms with Gasteiger partial charge in [0.25, 0.3) is 5.95 Å². The Balaban J connectivity index is 2.17. The number of nitrogens with two attached hydrogens (primary N) is 1. The molecule has 100 valence electrons. The first kappa shape index (κ1) is 12.1. The highest BCUT2D eigenvalue weighted by Gasteiger charge is 2.13. The van der Waals surface area contributed by atoms with E-state index in [9.17, 15) is 8.78 Å². The molecule has 0 amide bonds. The highest BCUT2D eigenvalue weighted by atomic mass is 19.1. The fourth-order valence-electron chi connectivity index (χ4n) is 1.58. The van der Waals surface area contributed by atoms with E-state index in [1.54, 1.807) is 0 Å². The van der Waals surface area contributed by atoms with Gasteiger partial charge in [-0.15, -0.1) is 0 Å². The number of anilines is 1. The SMILES string of the molecule is Nc1nc(-c2cc(F)ccc2F)nc(-n2cncn2)n1. The van der Waals surface area contributed by atoms with Gasteiger partial charge in [-0.05, 0) is 18.2 Å². The average molecular weight is 275 g/mol. The zero-order valence-electron chi connectivity index (χ0n) is 9.90. The maximum absolute atomic E-state index is 13.7. The molecule has 2 heterocycles. The third-order valence-corrected chi connectivity index (χ3v) is 2.43. The Bertz CT molecular complexity index is 757. The molecule has 0 aliphatic carbocycles. The van der Waals surface area contributed by atoms with E-state index in [1.165, 1.54) is 17.3 Å². The standard InChI is InChI=1S/C11H7F2N7/c12-6-1-2-8(13)7(3-6)9-17-10(14)19-11(18-9)20-5-15-4-16-20/h1-5H,(H2,14,17,18,19). The molecule has 1 aromatic carbocycles. The van der Waals surface area contributed by atoms with Crippen molar-refractivity contribution < 1.29 is 8.78 Å². The van der Waals surface area contributed by atoms with Crippen LogP contribution in [0.2, 0.25) is 0 Å². The number of nitrogens with zero attached hydrogens (tertiary/aromatic N) is 6. The largest absolute Gasteiger partial charge is 0.368 e. The molecule has 3 aromatic rings. The molecule has 0 aliphatic rings. The van der Waals surface area contributed by atoms with Crippen molar-refractivity contribution in [2.45, 2.75) is 0 Å². The molecule has 2 N–H and O–H groups in total. The molecular formula is C11H7F2N7. The van der Waals surface area contributed by atoms with Crippen molar-refractivity contribution in [3.63, 3.8) is 0 Å². The van der Waals surface area contributed by atoms with Gasteiger partial charge in [-0.3, -0.25) is 0 Å². The second-order valence-electron chi connectivity index (χ2n) is 3.78. The van der Waals surface area contributed by atoms with E-state index in [0.717, 1.165) is 18.2 Å². The lowest BCUT2D eigenvalue weighted by Crippen LogP contribution is -2.08. The lowest BCUT2D eigenvalue weighted by Gasteiger charge is -2.05. The summed E-state index contributed by atoms with van der Waals surface area (Å²) in [6.45, 7) is 0. The Labute approximate surface area is 111 Å². The fraction of sp³-hybridized carbons (Fsp3) is 0. The van der Waals surface area contributed by atoms with Gasteiger partial charge < -0.3 is 5.73 Å². The van der Waals surface area contributed by atoms with Crippen LogP contribution in [0.5, 0.6) is 0 Å². The van der Waals surface area contributed by atoms with E-state index in [1.807, 2.05) is 0 Å². The van der Waals surface area contributed by atoms with Gasteiger partial charge in [0.15, 0.2) is 5.82 Å². The van der Waals surface area contributed by atoms with Crippen molar-refractivity contribution in [2.24, 2.45) is 0 Å². The predicted octanol–water partition coefficient (Wildman–Crippen LogP) is 0.980. The summed E-state index contributed by atoms with van der Waals surface area (Å²) >= 11 is 0. The summed E-state index contributed by atoms with van der Waals surface area (Å²) in [7, 11) is 0. The third kappa shape index (κ3) is 2.16. The molecule has 0 spiro atoms. The second-order valence-corrected chi connectivity index (χ2v) is 3.78. The van der Waals surface area contributed by atoms with Crippen LogP contribution in [-0.4, -0.2) is 29.7 Å². The van der Waals surface area contributed by atoms with Crippen LogP contribution in [0.15, 0.2) is 30.9 Å². The van der Waals surface area contributed by atoms with E-state index in [2.05, 4.69) is 25.0 Å². The molecular weight excluding hydrogens is 268 g/mol. The molecule has 0 aliphatic heterocycles. The first-order valence-electron chi connectivity index (χ1n) is 5.45. The number of nitrogen functional groups attached to an aromatic ring is 1. The van der Waals surface area contributed by atoms with Crippen molar-refractivity contribution >= 4 is 5.95 Å². The molecule has 0 bridgehead atoms. The number of halogens is 2. The first-order chi connectivity index (χ1) is 9.63. The molecule has 0 atom stereocenters. The summed E-state index contributed by atoms with van der Waals surface area (Å²) in [6, 6.07) is 2.97. The van der Waals surface area contributed by atoms with Crippen molar-refractivity contribution in [3.05, 3.63) is 42.5 Å². The number of rotatable bonds is 2. The molecule has 3 rings (SSSR count). The number of hydrogen-bond donors (Lipinski definition) is 1. The van der Waals surface area contributed by atoms with E-state index in [4.69, 9.17) is 5.73 Å². The Morgan fingerprint density at radius 3 is 2.70 bits per heavy atom. The second kappa shape index (κ2) is 4.61. The minimum atomic E-state index is -0.665. The van der Waals surface area contributed by atoms with Crippen molar-refractivity contribution in [1.29, 1.82) is 0 Å². The van der Waals surface area contributed by atoms with Crippen LogP contribution in [0, 0.1) is 11.6 Å². The van der Waals surface area contributed by atoms with Gasteiger partial charge >= 0.3 is 0 Å². The minimum Gasteiger partial charge on any atom is -0.368 e. The summed E-state index contributed by atoms with van der Waals surface area (Å²) in [5.74, 6) is -1.43. The molecule has 9 heteroatoms. The Morgan fingerprint density at radius 1 is 1.10 bits per heavy atom. The molecule has 0 saturated carbocycles. The number of hydrogen-bond acceptors (Lipinski definition) is 6. The normalized spacial score (nSPS) is 10.7. The van der Waals surface area contributed by atoms with Gasteiger partial charge in [-0.2, -0.15) is 24.7 Å². The smallest absolute Gasteiger partial charge is 0.257 e. The van der Waals surface area contributed by atoms with E-state index >= 15 is 0 Å². The van der Waals surface area contributed by atoms with Crippen LogP contribution in [0.25, 0.3) is 17.3 Å².